The maximum atomic E-state index is 6.33. The van der Waals surface area contributed by atoms with Crippen molar-refractivity contribution < 1.29 is 9.47 Å². The number of hydrogen-bond donors (Lipinski definition) is 0. The van der Waals surface area contributed by atoms with Crippen LogP contribution in [0, 0.1) is 0 Å². The molecule has 0 amide bonds. The first kappa shape index (κ1) is 14.1. The van der Waals surface area contributed by atoms with Gasteiger partial charge in [-0.05, 0) is 37.8 Å². The van der Waals surface area contributed by atoms with Crippen LogP contribution in [0.5, 0.6) is 11.5 Å². The molecule has 110 valence electrons. The summed E-state index contributed by atoms with van der Waals surface area (Å²) in [6, 6.07) is 5.61. The molecular weight excluding hydrogens is 288 g/mol. The van der Waals surface area contributed by atoms with Crippen molar-refractivity contribution in [2.75, 3.05) is 14.2 Å². The Morgan fingerprint density at radius 3 is 2.29 bits per heavy atom. The van der Waals surface area contributed by atoms with Crippen molar-refractivity contribution in [3.8, 4) is 22.9 Å². The number of aryl methyl sites for hydroxylation is 1. The summed E-state index contributed by atoms with van der Waals surface area (Å²) >= 11 is 6.33. The Kier molecular flexibility index (Phi) is 3.97. The van der Waals surface area contributed by atoms with Gasteiger partial charge in [0, 0.05) is 22.9 Å². The molecule has 21 heavy (non-hydrogen) atoms. The highest BCUT2D eigenvalue weighted by Gasteiger charge is 2.18. The van der Waals surface area contributed by atoms with Crippen LogP contribution in [0.3, 0.4) is 0 Å². The van der Waals surface area contributed by atoms with Crippen LogP contribution in [0.15, 0.2) is 18.2 Å². The highest BCUT2D eigenvalue weighted by Crippen LogP contribution is 2.31. The van der Waals surface area contributed by atoms with Crippen molar-refractivity contribution in [1.82, 2.24) is 9.97 Å². The monoisotopic (exact) mass is 304 g/mol. The van der Waals surface area contributed by atoms with E-state index in [1.807, 2.05) is 18.2 Å². The number of aromatic nitrogens is 2. The van der Waals surface area contributed by atoms with Gasteiger partial charge in [0.1, 0.15) is 16.7 Å². The van der Waals surface area contributed by atoms with E-state index < -0.39 is 0 Å². The maximum absolute atomic E-state index is 6.33. The van der Waals surface area contributed by atoms with Gasteiger partial charge >= 0.3 is 0 Å². The van der Waals surface area contributed by atoms with Crippen LogP contribution < -0.4 is 9.47 Å². The molecule has 0 spiro atoms. The molecule has 4 nitrogen and oxygen atoms in total. The lowest BCUT2D eigenvalue weighted by atomic mass is 9.97. The molecular formula is C16H17ClN2O2. The Balaban J connectivity index is 2.10. The van der Waals surface area contributed by atoms with Crippen LogP contribution in [0.4, 0.5) is 0 Å². The third kappa shape index (κ3) is 2.81. The number of benzene rings is 1. The fourth-order valence-corrected chi connectivity index (χ4v) is 2.90. The van der Waals surface area contributed by atoms with Gasteiger partial charge < -0.3 is 9.47 Å². The van der Waals surface area contributed by atoms with Crippen LogP contribution in [-0.2, 0) is 12.8 Å². The largest absolute Gasteiger partial charge is 0.497 e. The lowest BCUT2D eigenvalue weighted by Crippen LogP contribution is -2.08. The lowest BCUT2D eigenvalue weighted by molar-refractivity contribution is 0.394. The minimum Gasteiger partial charge on any atom is -0.497 e. The zero-order valence-corrected chi connectivity index (χ0v) is 12.9. The third-order valence-electron chi connectivity index (χ3n) is 3.74. The molecule has 1 aromatic carbocycles. The third-order valence-corrected chi connectivity index (χ3v) is 4.05. The van der Waals surface area contributed by atoms with E-state index in [1.165, 1.54) is 0 Å². The van der Waals surface area contributed by atoms with Crippen molar-refractivity contribution in [2.45, 2.75) is 25.7 Å². The van der Waals surface area contributed by atoms with Crippen LogP contribution >= 0.6 is 11.6 Å². The number of halogens is 1. The molecule has 5 heteroatoms. The van der Waals surface area contributed by atoms with E-state index in [4.69, 9.17) is 21.1 Å². The van der Waals surface area contributed by atoms with E-state index in [2.05, 4.69) is 9.97 Å². The topological polar surface area (TPSA) is 44.2 Å². The number of hydrogen-bond acceptors (Lipinski definition) is 4. The number of fused-ring (bicyclic) bond motifs is 1. The second-order valence-electron chi connectivity index (χ2n) is 5.07. The predicted molar refractivity (Wildman–Crippen MR) is 82.2 cm³/mol. The number of methoxy groups -OCH3 is 2. The first-order valence-electron chi connectivity index (χ1n) is 7.00. The van der Waals surface area contributed by atoms with Gasteiger partial charge in [-0.15, -0.1) is 0 Å². The highest BCUT2D eigenvalue weighted by atomic mass is 35.5. The zero-order valence-electron chi connectivity index (χ0n) is 12.1. The molecule has 0 atom stereocenters. The minimum atomic E-state index is 0.566. The van der Waals surface area contributed by atoms with Gasteiger partial charge in [0.2, 0.25) is 0 Å². The summed E-state index contributed by atoms with van der Waals surface area (Å²) in [5, 5.41) is 0.566. The van der Waals surface area contributed by atoms with Gasteiger partial charge in [-0.3, -0.25) is 0 Å². The second-order valence-corrected chi connectivity index (χ2v) is 5.43. The number of rotatable bonds is 3. The predicted octanol–water partition coefficient (Wildman–Crippen LogP) is 3.69. The fraction of sp³-hybridized carbons (Fsp3) is 0.375. The van der Waals surface area contributed by atoms with Crippen molar-refractivity contribution >= 4 is 11.6 Å². The molecule has 3 rings (SSSR count). The van der Waals surface area contributed by atoms with E-state index in [9.17, 15) is 0 Å². The minimum absolute atomic E-state index is 0.566. The van der Waals surface area contributed by atoms with Gasteiger partial charge in [-0.2, -0.15) is 0 Å². The SMILES string of the molecule is COc1cc(OC)cc(-c2nc(Cl)c3c(n2)CCCC3)c1. The first-order valence-corrected chi connectivity index (χ1v) is 7.38. The smallest absolute Gasteiger partial charge is 0.161 e. The zero-order chi connectivity index (χ0) is 14.8. The average Bonchev–Trinajstić information content (AvgIpc) is 2.54. The fourth-order valence-electron chi connectivity index (χ4n) is 2.61. The van der Waals surface area contributed by atoms with E-state index in [0.29, 0.717) is 22.5 Å². The van der Waals surface area contributed by atoms with E-state index in [0.717, 1.165) is 42.5 Å². The van der Waals surface area contributed by atoms with Gasteiger partial charge in [-0.25, -0.2) is 9.97 Å². The summed E-state index contributed by atoms with van der Waals surface area (Å²) < 4.78 is 10.6. The van der Waals surface area contributed by atoms with E-state index in [-0.39, 0.29) is 0 Å². The Labute approximate surface area is 129 Å². The molecule has 0 aliphatic heterocycles. The van der Waals surface area contributed by atoms with Crippen molar-refractivity contribution in [3.05, 3.63) is 34.6 Å². The molecule has 0 saturated heterocycles. The summed E-state index contributed by atoms with van der Waals surface area (Å²) in [6.07, 6.45) is 4.24. The summed E-state index contributed by atoms with van der Waals surface area (Å²) in [4.78, 5) is 9.14. The second kappa shape index (κ2) is 5.90. The molecule has 2 aromatic rings. The van der Waals surface area contributed by atoms with Gasteiger partial charge in [-0.1, -0.05) is 11.6 Å². The Hall–Kier alpha value is -1.81. The molecule has 0 unspecified atom stereocenters. The maximum Gasteiger partial charge on any atom is 0.161 e. The van der Waals surface area contributed by atoms with Gasteiger partial charge in [0.25, 0.3) is 0 Å². The molecule has 1 aliphatic rings. The summed E-state index contributed by atoms with van der Waals surface area (Å²) in [5.41, 5.74) is 3.01. The summed E-state index contributed by atoms with van der Waals surface area (Å²) in [5.74, 6) is 2.04. The van der Waals surface area contributed by atoms with E-state index >= 15 is 0 Å². The molecule has 0 radical (unpaired) electrons. The number of nitrogens with zero attached hydrogens (tertiary/aromatic N) is 2. The highest BCUT2D eigenvalue weighted by molar-refractivity contribution is 6.30. The molecule has 0 bridgehead atoms. The summed E-state index contributed by atoms with van der Waals surface area (Å²) in [6.45, 7) is 0. The van der Waals surface area contributed by atoms with Crippen LogP contribution in [0.1, 0.15) is 24.1 Å². The van der Waals surface area contributed by atoms with Crippen molar-refractivity contribution in [3.63, 3.8) is 0 Å². The van der Waals surface area contributed by atoms with E-state index in [1.54, 1.807) is 14.2 Å². The molecule has 1 heterocycles. The standard InChI is InChI=1S/C16H17ClN2O2/c1-20-11-7-10(8-12(9-11)21-2)16-18-14-6-4-3-5-13(14)15(17)19-16/h7-9H,3-6H2,1-2H3. The molecule has 0 N–H and O–H groups in total. The Morgan fingerprint density at radius 2 is 1.62 bits per heavy atom. The van der Waals surface area contributed by atoms with Crippen molar-refractivity contribution in [2.24, 2.45) is 0 Å². The first-order chi connectivity index (χ1) is 10.2. The lowest BCUT2D eigenvalue weighted by Gasteiger charge is -2.17. The molecule has 0 fully saturated rings. The molecule has 0 saturated carbocycles. The summed E-state index contributed by atoms with van der Waals surface area (Å²) in [7, 11) is 3.25. The van der Waals surface area contributed by atoms with Gasteiger partial charge in [0.05, 0.1) is 14.2 Å². The van der Waals surface area contributed by atoms with Gasteiger partial charge in [0.15, 0.2) is 5.82 Å². The van der Waals surface area contributed by atoms with Crippen LogP contribution in [0.25, 0.3) is 11.4 Å². The number of ether oxygens (including phenoxy) is 2. The Morgan fingerprint density at radius 1 is 0.952 bits per heavy atom. The van der Waals surface area contributed by atoms with Crippen molar-refractivity contribution in [1.29, 1.82) is 0 Å². The quantitative estimate of drug-likeness (QED) is 0.811. The molecule has 1 aliphatic carbocycles. The van der Waals surface area contributed by atoms with Crippen LogP contribution in [-0.4, -0.2) is 24.2 Å². The molecule has 1 aromatic heterocycles. The van der Waals surface area contributed by atoms with Crippen LogP contribution in [0.2, 0.25) is 5.15 Å². The Bertz CT molecular complexity index is 651. The normalized spacial score (nSPS) is 13.7. The average molecular weight is 305 g/mol.